The number of carboxylic acids is 1. The van der Waals surface area contributed by atoms with Crippen molar-refractivity contribution < 1.29 is 19.4 Å². The molecule has 0 aliphatic carbocycles. The Morgan fingerprint density at radius 3 is 2.75 bits per heavy atom. The Bertz CT molecular complexity index is 451. The van der Waals surface area contributed by atoms with Crippen LogP contribution in [0.1, 0.15) is 28.0 Å². The third-order valence-corrected chi connectivity index (χ3v) is 3.69. The number of pyridine rings is 1. The monoisotopic (exact) mass is 299 g/mol. The van der Waals surface area contributed by atoms with E-state index in [1.54, 1.807) is 20.1 Å². The van der Waals surface area contributed by atoms with Crippen molar-refractivity contribution in [2.45, 2.75) is 25.3 Å². The molecule has 5 nitrogen and oxygen atoms in total. The molecule has 1 aromatic rings. The molecule has 20 heavy (non-hydrogen) atoms. The van der Waals surface area contributed by atoms with Crippen molar-refractivity contribution in [1.82, 2.24) is 4.98 Å². The quantitative estimate of drug-likeness (QED) is 0.558. The molecule has 0 spiro atoms. The largest absolute Gasteiger partial charge is 0.478 e. The van der Waals surface area contributed by atoms with Crippen molar-refractivity contribution in [3.8, 4) is 0 Å². The van der Waals surface area contributed by atoms with Crippen LogP contribution in [0, 0.1) is 13.8 Å². The standard InChI is InChI=1S/C14H21NO4S/c1-10-9-11(2)15-13(12(10)14(16)17)20-8-4-5-19-7-6-18-3/h9H,4-8H2,1-3H3,(H,16,17). The second-order valence-corrected chi connectivity index (χ2v) is 5.46. The fourth-order valence-electron chi connectivity index (χ4n) is 1.74. The highest BCUT2D eigenvalue weighted by molar-refractivity contribution is 7.99. The van der Waals surface area contributed by atoms with Gasteiger partial charge in [-0.05, 0) is 31.9 Å². The molecule has 0 unspecified atom stereocenters. The fraction of sp³-hybridized carbons (Fsp3) is 0.571. The summed E-state index contributed by atoms with van der Waals surface area (Å²) in [6, 6.07) is 1.79. The molecular formula is C14H21NO4S. The second-order valence-electron chi connectivity index (χ2n) is 4.37. The molecule has 0 aliphatic rings. The minimum absolute atomic E-state index is 0.306. The molecule has 1 N–H and O–H groups in total. The minimum Gasteiger partial charge on any atom is -0.478 e. The van der Waals surface area contributed by atoms with E-state index in [9.17, 15) is 9.90 Å². The Balaban J connectivity index is 2.49. The average molecular weight is 299 g/mol. The van der Waals surface area contributed by atoms with Crippen LogP contribution >= 0.6 is 11.8 Å². The number of rotatable bonds is 9. The van der Waals surface area contributed by atoms with Crippen LogP contribution in [0.3, 0.4) is 0 Å². The first kappa shape index (κ1) is 16.9. The second kappa shape index (κ2) is 8.94. The van der Waals surface area contributed by atoms with Gasteiger partial charge in [-0.2, -0.15) is 0 Å². The van der Waals surface area contributed by atoms with Crippen molar-refractivity contribution in [1.29, 1.82) is 0 Å². The zero-order valence-corrected chi connectivity index (χ0v) is 13.0. The molecule has 0 fully saturated rings. The summed E-state index contributed by atoms with van der Waals surface area (Å²) in [6.45, 7) is 5.49. The van der Waals surface area contributed by atoms with E-state index in [1.165, 1.54) is 11.8 Å². The normalized spacial score (nSPS) is 10.8. The first-order chi connectivity index (χ1) is 9.56. The molecule has 1 heterocycles. The number of aryl methyl sites for hydroxylation is 2. The van der Waals surface area contributed by atoms with Crippen molar-refractivity contribution in [3.05, 3.63) is 22.9 Å². The Morgan fingerprint density at radius 2 is 2.10 bits per heavy atom. The number of aromatic nitrogens is 1. The Morgan fingerprint density at radius 1 is 1.35 bits per heavy atom. The summed E-state index contributed by atoms with van der Waals surface area (Å²) in [5, 5.41) is 9.83. The summed E-state index contributed by atoms with van der Waals surface area (Å²) in [5.74, 6) is -0.141. The molecule has 0 atom stereocenters. The molecule has 0 saturated carbocycles. The smallest absolute Gasteiger partial charge is 0.338 e. The maximum atomic E-state index is 11.3. The summed E-state index contributed by atoms with van der Waals surface area (Å²) in [7, 11) is 1.64. The highest BCUT2D eigenvalue weighted by atomic mass is 32.2. The van der Waals surface area contributed by atoms with Crippen LogP contribution in [-0.2, 0) is 9.47 Å². The van der Waals surface area contributed by atoms with Gasteiger partial charge in [0.05, 0.1) is 18.8 Å². The number of carbonyl (C=O) groups is 1. The molecular weight excluding hydrogens is 278 g/mol. The lowest BCUT2D eigenvalue weighted by molar-refractivity contribution is 0.0691. The van der Waals surface area contributed by atoms with Gasteiger partial charge in [0.2, 0.25) is 0 Å². The van der Waals surface area contributed by atoms with Gasteiger partial charge in [0, 0.05) is 25.2 Å². The number of hydrogen-bond acceptors (Lipinski definition) is 5. The topological polar surface area (TPSA) is 68.7 Å². The average Bonchev–Trinajstić information content (AvgIpc) is 2.36. The molecule has 0 bridgehead atoms. The predicted molar refractivity (Wildman–Crippen MR) is 78.7 cm³/mol. The van der Waals surface area contributed by atoms with Gasteiger partial charge in [0.1, 0.15) is 5.03 Å². The van der Waals surface area contributed by atoms with Gasteiger partial charge in [0.25, 0.3) is 0 Å². The van der Waals surface area contributed by atoms with Gasteiger partial charge in [0.15, 0.2) is 0 Å². The Labute approximate surface area is 123 Å². The van der Waals surface area contributed by atoms with E-state index < -0.39 is 5.97 Å². The molecule has 0 aromatic carbocycles. The van der Waals surface area contributed by atoms with E-state index in [0.717, 1.165) is 23.4 Å². The molecule has 0 radical (unpaired) electrons. The highest BCUT2D eigenvalue weighted by Crippen LogP contribution is 2.24. The van der Waals surface area contributed by atoms with Crippen LogP contribution in [0.15, 0.2) is 11.1 Å². The molecule has 0 amide bonds. The van der Waals surface area contributed by atoms with E-state index in [-0.39, 0.29) is 0 Å². The highest BCUT2D eigenvalue weighted by Gasteiger charge is 2.15. The number of aromatic carboxylic acids is 1. The van der Waals surface area contributed by atoms with Gasteiger partial charge < -0.3 is 14.6 Å². The molecule has 0 aliphatic heterocycles. The van der Waals surface area contributed by atoms with E-state index in [0.29, 0.717) is 30.4 Å². The summed E-state index contributed by atoms with van der Waals surface area (Å²) in [4.78, 5) is 15.6. The lowest BCUT2D eigenvalue weighted by atomic mass is 10.1. The minimum atomic E-state index is -0.922. The van der Waals surface area contributed by atoms with Crippen LogP contribution < -0.4 is 0 Å². The lowest BCUT2D eigenvalue weighted by Gasteiger charge is -2.09. The molecule has 0 saturated heterocycles. The molecule has 1 rings (SSSR count). The Kier molecular flexibility index (Phi) is 7.58. The number of ether oxygens (including phenoxy) is 2. The maximum absolute atomic E-state index is 11.3. The van der Waals surface area contributed by atoms with Gasteiger partial charge in [-0.3, -0.25) is 0 Å². The summed E-state index contributed by atoms with van der Waals surface area (Å²) >= 11 is 1.46. The van der Waals surface area contributed by atoms with Crippen molar-refractivity contribution in [2.75, 3.05) is 32.7 Å². The van der Waals surface area contributed by atoms with Gasteiger partial charge in [-0.1, -0.05) is 0 Å². The van der Waals surface area contributed by atoms with Crippen molar-refractivity contribution in [2.24, 2.45) is 0 Å². The van der Waals surface area contributed by atoms with E-state index in [2.05, 4.69) is 4.98 Å². The molecule has 1 aromatic heterocycles. The molecule has 112 valence electrons. The third-order valence-electron chi connectivity index (χ3n) is 2.63. The first-order valence-electron chi connectivity index (χ1n) is 6.47. The maximum Gasteiger partial charge on any atom is 0.338 e. The van der Waals surface area contributed by atoms with Gasteiger partial charge in [-0.15, -0.1) is 11.8 Å². The van der Waals surface area contributed by atoms with E-state index >= 15 is 0 Å². The first-order valence-corrected chi connectivity index (χ1v) is 7.45. The zero-order chi connectivity index (χ0) is 15.0. The lowest BCUT2D eigenvalue weighted by Crippen LogP contribution is -2.06. The van der Waals surface area contributed by atoms with Crippen molar-refractivity contribution >= 4 is 17.7 Å². The van der Waals surface area contributed by atoms with E-state index in [1.807, 2.05) is 6.92 Å². The fourth-order valence-corrected chi connectivity index (χ4v) is 2.80. The Hall–Kier alpha value is -1.11. The van der Waals surface area contributed by atoms with Crippen LogP contribution in [0.5, 0.6) is 0 Å². The van der Waals surface area contributed by atoms with E-state index in [4.69, 9.17) is 9.47 Å². The number of thioether (sulfide) groups is 1. The van der Waals surface area contributed by atoms with Crippen LogP contribution in [-0.4, -0.2) is 48.7 Å². The predicted octanol–water partition coefficient (Wildman–Crippen LogP) is 2.54. The molecule has 6 heteroatoms. The summed E-state index contributed by atoms with van der Waals surface area (Å²) in [5.41, 5.74) is 1.90. The number of nitrogens with zero attached hydrogens (tertiary/aromatic N) is 1. The van der Waals surface area contributed by atoms with Crippen LogP contribution in [0.4, 0.5) is 0 Å². The van der Waals surface area contributed by atoms with Crippen molar-refractivity contribution in [3.63, 3.8) is 0 Å². The van der Waals surface area contributed by atoms with Crippen LogP contribution in [0.2, 0.25) is 0 Å². The van der Waals surface area contributed by atoms with Crippen LogP contribution in [0.25, 0.3) is 0 Å². The third kappa shape index (κ3) is 5.48. The summed E-state index contributed by atoms with van der Waals surface area (Å²) in [6.07, 6.45) is 0.849. The zero-order valence-electron chi connectivity index (χ0n) is 12.1. The number of carboxylic acid groups (broad SMARTS) is 1. The SMILES string of the molecule is COCCOCCCSc1nc(C)cc(C)c1C(=O)O. The summed E-state index contributed by atoms with van der Waals surface area (Å²) < 4.78 is 10.2. The van der Waals surface area contributed by atoms with Gasteiger partial charge >= 0.3 is 5.97 Å². The number of methoxy groups -OCH3 is 1. The van der Waals surface area contributed by atoms with Gasteiger partial charge in [-0.25, -0.2) is 9.78 Å². The number of hydrogen-bond donors (Lipinski definition) is 1.